The van der Waals surface area contributed by atoms with Crippen LogP contribution in [0.25, 0.3) is 0 Å². The number of likely N-dealkylation sites (tertiary alicyclic amines) is 1. The van der Waals surface area contributed by atoms with E-state index in [0.717, 1.165) is 38.8 Å². The number of carbonyl (C=O) groups excluding carboxylic acids is 2. The monoisotopic (exact) mass is 373 g/mol. The van der Waals surface area contributed by atoms with Gasteiger partial charge in [-0.05, 0) is 43.4 Å². The van der Waals surface area contributed by atoms with Crippen LogP contribution >= 0.6 is 0 Å². The molecule has 0 atom stereocenters. The molecule has 0 bridgehead atoms. The summed E-state index contributed by atoms with van der Waals surface area (Å²) in [6.45, 7) is 3.63. The Morgan fingerprint density at radius 1 is 1.19 bits per heavy atom. The third kappa shape index (κ3) is 5.05. The van der Waals surface area contributed by atoms with Crippen LogP contribution in [0.5, 0.6) is 0 Å². The molecule has 2 fully saturated rings. The second kappa shape index (κ2) is 8.97. The number of piperidine rings is 1. The van der Waals surface area contributed by atoms with Gasteiger partial charge in [-0.25, -0.2) is 9.59 Å². The van der Waals surface area contributed by atoms with E-state index >= 15 is 0 Å². The Labute approximate surface area is 161 Å². The predicted molar refractivity (Wildman–Crippen MR) is 107 cm³/mol. The lowest BCUT2D eigenvalue weighted by Gasteiger charge is -2.36. The zero-order valence-corrected chi connectivity index (χ0v) is 16.4. The molecule has 2 aliphatic rings. The zero-order valence-electron chi connectivity index (χ0n) is 16.4. The summed E-state index contributed by atoms with van der Waals surface area (Å²) in [4.78, 5) is 30.0. The first-order chi connectivity index (χ1) is 13.0. The van der Waals surface area contributed by atoms with Crippen molar-refractivity contribution in [3.05, 3.63) is 29.8 Å². The molecule has 3 rings (SSSR count). The zero-order chi connectivity index (χ0) is 19.2. The highest BCUT2D eigenvalue weighted by Crippen LogP contribution is 2.18. The van der Waals surface area contributed by atoms with Gasteiger partial charge in [0.25, 0.3) is 0 Å². The third-order valence-electron chi connectivity index (χ3n) is 5.45. The van der Waals surface area contributed by atoms with Crippen molar-refractivity contribution in [3.63, 3.8) is 0 Å². The smallest absolute Gasteiger partial charge is 0.317 e. The quantitative estimate of drug-likeness (QED) is 0.748. The van der Waals surface area contributed by atoms with Crippen LogP contribution < -0.4 is 15.5 Å². The first-order valence-corrected chi connectivity index (χ1v) is 9.88. The number of hydrogen-bond donors (Lipinski definition) is 2. The lowest BCUT2D eigenvalue weighted by Crippen LogP contribution is -2.50. The number of anilines is 1. The maximum Gasteiger partial charge on any atom is 0.317 e. The van der Waals surface area contributed by atoms with E-state index in [1.165, 1.54) is 11.3 Å². The number of hydrogen-bond acceptors (Lipinski definition) is 3. The largest absolute Gasteiger partial charge is 0.378 e. The summed E-state index contributed by atoms with van der Waals surface area (Å²) in [5, 5.41) is 5.88. The molecule has 1 aromatic rings. The van der Waals surface area contributed by atoms with Crippen LogP contribution in [0, 0.1) is 0 Å². The van der Waals surface area contributed by atoms with Crippen molar-refractivity contribution >= 4 is 17.7 Å². The van der Waals surface area contributed by atoms with Crippen molar-refractivity contribution in [1.29, 1.82) is 0 Å². The predicted octanol–water partition coefficient (Wildman–Crippen LogP) is 1.88. The molecule has 1 aromatic carbocycles. The molecule has 27 heavy (non-hydrogen) atoms. The number of nitrogens with one attached hydrogen (secondary N) is 2. The van der Waals surface area contributed by atoms with Crippen LogP contribution in [0.1, 0.15) is 24.8 Å². The average molecular weight is 374 g/mol. The average Bonchev–Trinajstić information content (AvgIpc) is 3.11. The molecule has 7 nitrogen and oxygen atoms in total. The second-order valence-electron chi connectivity index (χ2n) is 7.54. The molecule has 0 radical (unpaired) electrons. The van der Waals surface area contributed by atoms with Gasteiger partial charge in [-0.2, -0.15) is 0 Å². The van der Waals surface area contributed by atoms with E-state index in [1.807, 2.05) is 23.9 Å². The Balaban J connectivity index is 1.33. The van der Waals surface area contributed by atoms with Crippen LogP contribution in [0.4, 0.5) is 15.3 Å². The third-order valence-corrected chi connectivity index (χ3v) is 5.45. The van der Waals surface area contributed by atoms with Crippen molar-refractivity contribution in [2.75, 3.05) is 51.7 Å². The second-order valence-corrected chi connectivity index (χ2v) is 7.54. The van der Waals surface area contributed by atoms with Crippen molar-refractivity contribution in [1.82, 2.24) is 20.4 Å². The number of carbonyl (C=O) groups is 2. The molecular formula is C20H31N5O2. The van der Waals surface area contributed by atoms with Gasteiger partial charge in [-0.1, -0.05) is 12.1 Å². The van der Waals surface area contributed by atoms with Gasteiger partial charge >= 0.3 is 12.1 Å². The summed E-state index contributed by atoms with van der Waals surface area (Å²) in [7, 11) is 4.07. The van der Waals surface area contributed by atoms with Crippen molar-refractivity contribution in [3.8, 4) is 0 Å². The van der Waals surface area contributed by atoms with Crippen molar-refractivity contribution < 1.29 is 9.59 Å². The standard InChI is InChI=1S/C20H31N5O2/c1-23(2)17-7-5-16(6-8-17)4-3-11-21-19(26)24-13-9-18(10-14-24)25-15-12-22-20(25)27/h5-8,18H,3-4,9-15H2,1-2H3,(H,21,26)(H,22,27). The highest BCUT2D eigenvalue weighted by molar-refractivity contribution is 5.77. The molecular weight excluding hydrogens is 342 g/mol. The van der Waals surface area contributed by atoms with Gasteiger partial charge in [0, 0.05) is 58.5 Å². The van der Waals surface area contributed by atoms with Crippen LogP contribution in [-0.4, -0.2) is 74.7 Å². The first-order valence-electron chi connectivity index (χ1n) is 9.88. The summed E-state index contributed by atoms with van der Waals surface area (Å²) in [6.07, 6.45) is 3.61. The maximum atomic E-state index is 12.3. The van der Waals surface area contributed by atoms with E-state index in [0.29, 0.717) is 19.6 Å². The Morgan fingerprint density at radius 3 is 2.48 bits per heavy atom. The fourth-order valence-corrected chi connectivity index (χ4v) is 3.78. The van der Waals surface area contributed by atoms with Gasteiger partial charge in [0.05, 0.1) is 0 Å². The first kappa shape index (κ1) is 19.3. The molecule has 7 heteroatoms. The summed E-state index contributed by atoms with van der Waals surface area (Å²) in [6, 6.07) is 8.87. The Bertz CT molecular complexity index is 638. The van der Waals surface area contributed by atoms with E-state index in [4.69, 9.17) is 0 Å². The molecule has 0 unspecified atom stereocenters. The molecule has 0 aliphatic carbocycles. The summed E-state index contributed by atoms with van der Waals surface area (Å²) < 4.78 is 0. The van der Waals surface area contributed by atoms with Crippen LogP contribution in [0.2, 0.25) is 0 Å². The highest BCUT2D eigenvalue weighted by Gasteiger charge is 2.31. The lowest BCUT2D eigenvalue weighted by molar-refractivity contribution is 0.141. The minimum Gasteiger partial charge on any atom is -0.378 e. The fraction of sp³-hybridized carbons (Fsp3) is 0.600. The van der Waals surface area contributed by atoms with E-state index in [2.05, 4.69) is 39.8 Å². The Morgan fingerprint density at radius 2 is 1.89 bits per heavy atom. The summed E-state index contributed by atoms with van der Waals surface area (Å²) >= 11 is 0. The fourth-order valence-electron chi connectivity index (χ4n) is 3.78. The van der Waals surface area contributed by atoms with Gasteiger partial charge in [0.1, 0.15) is 0 Å². The summed E-state index contributed by atoms with van der Waals surface area (Å²) in [5.41, 5.74) is 2.49. The maximum absolute atomic E-state index is 12.3. The van der Waals surface area contributed by atoms with Gasteiger partial charge < -0.3 is 25.3 Å². The molecule has 2 N–H and O–H groups in total. The van der Waals surface area contributed by atoms with Crippen LogP contribution in [0.3, 0.4) is 0 Å². The number of aryl methyl sites for hydroxylation is 1. The molecule has 0 saturated carbocycles. The Hall–Kier alpha value is -2.44. The van der Waals surface area contributed by atoms with Crippen LogP contribution in [-0.2, 0) is 6.42 Å². The molecule has 148 valence electrons. The van der Waals surface area contributed by atoms with E-state index in [9.17, 15) is 9.59 Å². The number of benzene rings is 1. The molecule has 4 amide bonds. The number of amides is 4. The van der Waals surface area contributed by atoms with Gasteiger partial charge in [-0.15, -0.1) is 0 Å². The molecule has 2 aliphatic heterocycles. The highest BCUT2D eigenvalue weighted by atomic mass is 16.2. The van der Waals surface area contributed by atoms with Crippen molar-refractivity contribution in [2.24, 2.45) is 0 Å². The topological polar surface area (TPSA) is 67.9 Å². The van der Waals surface area contributed by atoms with Gasteiger partial charge in [-0.3, -0.25) is 0 Å². The normalized spacial score (nSPS) is 17.8. The van der Waals surface area contributed by atoms with Gasteiger partial charge in [0.2, 0.25) is 0 Å². The molecule has 2 heterocycles. The molecule has 0 spiro atoms. The van der Waals surface area contributed by atoms with E-state index in [-0.39, 0.29) is 18.1 Å². The summed E-state index contributed by atoms with van der Waals surface area (Å²) in [5.74, 6) is 0. The minimum absolute atomic E-state index is 0.0160. The number of nitrogens with zero attached hydrogens (tertiary/aromatic N) is 3. The van der Waals surface area contributed by atoms with E-state index < -0.39 is 0 Å². The van der Waals surface area contributed by atoms with Crippen LogP contribution in [0.15, 0.2) is 24.3 Å². The number of urea groups is 2. The lowest BCUT2D eigenvalue weighted by atomic mass is 10.0. The van der Waals surface area contributed by atoms with Gasteiger partial charge in [0.15, 0.2) is 0 Å². The minimum atomic E-state index is 0.0160. The SMILES string of the molecule is CN(C)c1ccc(CCCNC(=O)N2CCC(N3CCNC3=O)CC2)cc1. The van der Waals surface area contributed by atoms with E-state index in [1.54, 1.807) is 0 Å². The molecule has 0 aromatic heterocycles. The molecule has 2 saturated heterocycles. The Kier molecular flexibility index (Phi) is 6.42. The number of rotatable bonds is 6. The van der Waals surface area contributed by atoms with Crippen molar-refractivity contribution in [2.45, 2.75) is 31.7 Å².